The van der Waals surface area contributed by atoms with E-state index in [4.69, 9.17) is 0 Å². The highest BCUT2D eigenvalue weighted by molar-refractivity contribution is 5.95. The second-order valence-corrected chi connectivity index (χ2v) is 6.36. The number of aryl methyl sites for hydroxylation is 1. The van der Waals surface area contributed by atoms with Crippen LogP contribution in [0.4, 0.5) is 0 Å². The number of benzene rings is 3. The number of para-hydroxylation sites is 2. The van der Waals surface area contributed by atoms with Crippen molar-refractivity contribution in [3.8, 4) is 6.07 Å². The molecule has 0 radical (unpaired) electrons. The maximum Gasteiger partial charge on any atom is 0.163 e. The first-order chi connectivity index (χ1) is 12.7. The van der Waals surface area contributed by atoms with Gasteiger partial charge in [0, 0.05) is 13.5 Å². The Kier molecular flexibility index (Phi) is 3.98. The number of aromatic nitrogens is 2. The minimum atomic E-state index is -0.883. The van der Waals surface area contributed by atoms with E-state index in [1.165, 1.54) is 0 Å². The highest BCUT2D eigenvalue weighted by atomic mass is 16.1. The molecule has 0 amide bonds. The smallest absolute Gasteiger partial charge is 0.163 e. The fourth-order valence-corrected chi connectivity index (χ4v) is 3.43. The number of carbonyl (C=O) groups excluding carboxylic acids is 1. The van der Waals surface area contributed by atoms with Crippen LogP contribution in [-0.4, -0.2) is 15.3 Å². The van der Waals surface area contributed by atoms with Crippen molar-refractivity contribution in [3.63, 3.8) is 0 Å². The van der Waals surface area contributed by atoms with E-state index in [1.54, 1.807) is 0 Å². The summed E-state index contributed by atoms with van der Waals surface area (Å²) in [5.41, 5.74) is 2.65. The van der Waals surface area contributed by atoms with Gasteiger partial charge in [-0.05, 0) is 28.5 Å². The van der Waals surface area contributed by atoms with E-state index < -0.39 is 5.92 Å². The predicted octanol–water partition coefficient (Wildman–Crippen LogP) is 4.15. The number of carbonyl (C=O) groups is 1. The van der Waals surface area contributed by atoms with Gasteiger partial charge >= 0.3 is 0 Å². The van der Waals surface area contributed by atoms with Crippen molar-refractivity contribution in [1.29, 1.82) is 5.26 Å². The van der Waals surface area contributed by atoms with Gasteiger partial charge in [0.1, 0.15) is 5.82 Å². The summed E-state index contributed by atoms with van der Waals surface area (Å²) in [6.07, 6.45) is 0.211. The molecule has 26 heavy (non-hydrogen) atoms. The SMILES string of the molecule is Cn1c([C@@H](C#N)C(=O)Cc2cccc3ccccc23)nc2ccccc21. The van der Waals surface area contributed by atoms with Crippen LogP contribution in [0.25, 0.3) is 21.8 Å². The maximum atomic E-state index is 12.9. The van der Waals surface area contributed by atoms with Crippen molar-refractivity contribution in [2.45, 2.75) is 12.3 Å². The first-order valence-corrected chi connectivity index (χ1v) is 8.49. The fraction of sp³-hybridized carbons (Fsp3) is 0.136. The molecule has 0 spiro atoms. The van der Waals surface area contributed by atoms with E-state index in [0.717, 1.165) is 27.4 Å². The normalized spacial score (nSPS) is 12.2. The Hall–Kier alpha value is -3.45. The summed E-state index contributed by atoms with van der Waals surface area (Å²) in [7, 11) is 1.85. The molecule has 4 heteroatoms. The molecule has 1 atom stereocenters. The van der Waals surface area contributed by atoms with E-state index in [-0.39, 0.29) is 12.2 Å². The number of nitriles is 1. The lowest BCUT2D eigenvalue weighted by molar-refractivity contribution is -0.118. The molecule has 126 valence electrons. The minimum absolute atomic E-state index is 0.137. The minimum Gasteiger partial charge on any atom is -0.330 e. The molecular weight excluding hydrogens is 322 g/mol. The Labute approximate surface area is 151 Å². The first kappa shape index (κ1) is 16.0. The molecule has 1 heterocycles. The van der Waals surface area contributed by atoms with Gasteiger partial charge in [-0.2, -0.15) is 5.26 Å². The molecule has 0 saturated carbocycles. The molecule has 0 saturated heterocycles. The number of fused-ring (bicyclic) bond motifs is 2. The third-order valence-corrected chi connectivity index (χ3v) is 4.78. The van der Waals surface area contributed by atoms with Gasteiger partial charge < -0.3 is 4.57 Å². The highest BCUT2D eigenvalue weighted by Crippen LogP contribution is 2.25. The van der Waals surface area contributed by atoms with Crippen molar-refractivity contribution >= 4 is 27.6 Å². The molecule has 4 rings (SSSR count). The summed E-state index contributed by atoms with van der Waals surface area (Å²) in [4.78, 5) is 17.5. The van der Waals surface area contributed by atoms with E-state index in [9.17, 15) is 10.1 Å². The van der Waals surface area contributed by atoms with Crippen molar-refractivity contribution < 1.29 is 4.79 Å². The molecule has 0 aliphatic rings. The Morgan fingerprint density at radius 3 is 2.62 bits per heavy atom. The molecule has 0 unspecified atom stereocenters. The number of ketones is 1. The van der Waals surface area contributed by atoms with Crippen molar-refractivity contribution in [2.75, 3.05) is 0 Å². The van der Waals surface area contributed by atoms with Crippen LogP contribution in [0.15, 0.2) is 66.7 Å². The van der Waals surface area contributed by atoms with Gasteiger partial charge in [0.15, 0.2) is 11.7 Å². The van der Waals surface area contributed by atoms with Gasteiger partial charge in [0.2, 0.25) is 0 Å². The summed E-state index contributed by atoms with van der Waals surface area (Å²) < 4.78 is 1.84. The molecule has 0 aliphatic carbocycles. The molecule has 1 aromatic heterocycles. The van der Waals surface area contributed by atoms with E-state index in [0.29, 0.717) is 5.82 Å². The van der Waals surface area contributed by atoms with E-state index in [2.05, 4.69) is 11.1 Å². The third-order valence-electron chi connectivity index (χ3n) is 4.78. The second kappa shape index (κ2) is 6.45. The molecule has 4 aromatic rings. The van der Waals surface area contributed by atoms with Crippen LogP contribution in [-0.2, 0) is 18.3 Å². The quantitative estimate of drug-likeness (QED) is 0.561. The summed E-state index contributed by atoms with van der Waals surface area (Å²) in [6.45, 7) is 0. The van der Waals surface area contributed by atoms with Crippen LogP contribution in [0.3, 0.4) is 0 Å². The van der Waals surface area contributed by atoms with E-state index >= 15 is 0 Å². The average Bonchev–Trinajstić information content (AvgIpc) is 3.00. The number of hydrogen-bond donors (Lipinski definition) is 0. The summed E-state index contributed by atoms with van der Waals surface area (Å²) >= 11 is 0. The zero-order valence-corrected chi connectivity index (χ0v) is 14.4. The average molecular weight is 339 g/mol. The number of hydrogen-bond acceptors (Lipinski definition) is 3. The predicted molar refractivity (Wildman–Crippen MR) is 102 cm³/mol. The number of Topliss-reactive ketones (excluding diaryl/α,β-unsaturated/α-hetero) is 1. The molecule has 3 aromatic carbocycles. The molecular formula is C22H17N3O. The Bertz CT molecular complexity index is 1160. The number of rotatable bonds is 4. The standard InChI is InChI=1S/C22H17N3O/c1-25-20-12-5-4-11-19(20)24-22(25)18(14-23)21(26)13-16-9-6-8-15-7-2-3-10-17(15)16/h2-12,18H,13H2,1H3/t18-/m0/s1. The lowest BCUT2D eigenvalue weighted by Crippen LogP contribution is -2.17. The molecule has 0 N–H and O–H groups in total. The maximum absolute atomic E-state index is 12.9. The van der Waals surface area contributed by atoms with Crippen molar-refractivity contribution in [1.82, 2.24) is 9.55 Å². The largest absolute Gasteiger partial charge is 0.330 e. The zero-order valence-electron chi connectivity index (χ0n) is 14.4. The summed E-state index contributed by atoms with van der Waals surface area (Å²) in [5, 5.41) is 11.8. The Morgan fingerprint density at radius 2 is 1.81 bits per heavy atom. The third kappa shape index (κ3) is 2.64. The molecule has 4 nitrogen and oxygen atoms in total. The van der Waals surface area contributed by atoms with Crippen molar-refractivity contribution in [2.24, 2.45) is 7.05 Å². The fourth-order valence-electron chi connectivity index (χ4n) is 3.43. The Balaban J connectivity index is 1.71. The van der Waals surface area contributed by atoms with Crippen LogP contribution >= 0.6 is 0 Å². The molecule has 0 aliphatic heterocycles. The van der Waals surface area contributed by atoms with Crippen LogP contribution in [0, 0.1) is 11.3 Å². The van der Waals surface area contributed by atoms with Crippen LogP contribution < -0.4 is 0 Å². The molecule has 0 bridgehead atoms. The monoisotopic (exact) mass is 339 g/mol. The van der Waals surface area contributed by atoms with Gasteiger partial charge in [-0.15, -0.1) is 0 Å². The lowest BCUT2D eigenvalue weighted by atomic mass is 9.95. The van der Waals surface area contributed by atoms with Gasteiger partial charge in [-0.3, -0.25) is 4.79 Å². The number of nitrogens with zero attached hydrogens (tertiary/aromatic N) is 3. The topological polar surface area (TPSA) is 58.7 Å². The van der Waals surface area contributed by atoms with Crippen molar-refractivity contribution in [3.05, 3.63) is 78.1 Å². The second-order valence-electron chi connectivity index (χ2n) is 6.36. The summed E-state index contributed by atoms with van der Waals surface area (Å²) in [5.74, 6) is -0.521. The van der Waals surface area contributed by atoms with Gasteiger partial charge in [-0.1, -0.05) is 54.6 Å². The van der Waals surface area contributed by atoms with Gasteiger partial charge in [-0.25, -0.2) is 4.98 Å². The number of imidazole rings is 1. The lowest BCUT2D eigenvalue weighted by Gasteiger charge is -2.10. The van der Waals surface area contributed by atoms with Crippen LogP contribution in [0.1, 0.15) is 17.3 Å². The van der Waals surface area contributed by atoms with Gasteiger partial charge in [0.05, 0.1) is 17.1 Å². The molecule has 0 fully saturated rings. The van der Waals surface area contributed by atoms with Crippen LogP contribution in [0.5, 0.6) is 0 Å². The van der Waals surface area contributed by atoms with Crippen LogP contribution in [0.2, 0.25) is 0 Å². The zero-order chi connectivity index (χ0) is 18.1. The summed E-state index contributed by atoms with van der Waals surface area (Å²) in [6, 6.07) is 23.7. The van der Waals surface area contributed by atoms with Gasteiger partial charge in [0.25, 0.3) is 0 Å². The van der Waals surface area contributed by atoms with E-state index in [1.807, 2.05) is 78.3 Å². The highest BCUT2D eigenvalue weighted by Gasteiger charge is 2.26. The first-order valence-electron chi connectivity index (χ1n) is 8.49. The Morgan fingerprint density at radius 1 is 1.08 bits per heavy atom.